The number of hydrogen-bond donors (Lipinski definition) is 2. The number of carboxylic acid groups (broad SMARTS) is 1. The van der Waals surface area contributed by atoms with Gasteiger partial charge in [-0.1, -0.05) is 0 Å². The third-order valence-electron chi connectivity index (χ3n) is 5.13. The molecular formula is C22H20F2N2O5. The molecule has 0 radical (unpaired) electrons. The van der Waals surface area contributed by atoms with Gasteiger partial charge in [-0.25, -0.2) is 13.6 Å². The van der Waals surface area contributed by atoms with E-state index in [0.29, 0.717) is 32.2 Å². The van der Waals surface area contributed by atoms with Crippen molar-refractivity contribution >= 4 is 28.5 Å². The van der Waals surface area contributed by atoms with Crippen LogP contribution in [0.25, 0.3) is 11.0 Å². The molecule has 31 heavy (non-hydrogen) atoms. The topological polar surface area (TPSA) is 92.0 Å². The number of ether oxygens (including phenoxy) is 1. The fourth-order valence-corrected chi connectivity index (χ4v) is 3.67. The highest BCUT2D eigenvalue weighted by Crippen LogP contribution is 2.31. The fourth-order valence-electron chi connectivity index (χ4n) is 3.67. The summed E-state index contributed by atoms with van der Waals surface area (Å²) in [6.07, 6.45) is 0. The second-order valence-corrected chi connectivity index (χ2v) is 7.29. The molecule has 0 aliphatic carbocycles. The van der Waals surface area contributed by atoms with E-state index in [-0.39, 0.29) is 27.8 Å². The van der Waals surface area contributed by atoms with Crippen LogP contribution in [-0.2, 0) is 4.74 Å². The Kier molecular flexibility index (Phi) is 5.60. The average molecular weight is 430 g/mol. The molecule has 1 atom stereocenters. The van der Waals surface area contributed by atoms with Crippen molar-refractivity contribution in [3.8, 4) is 0 Å². The first kappa shape index (κ1) is 20.8. The van der Waals surface area contributed by atoms with Gasteiger partial charge in [0.1, 0.15) is 17.2 Å². The summed E-state index contributed by atoms with van der Waals surface area (Å²) in [5, 5.41) is 12.3. The van der Waals surface area contributed by atoms with Gasteiger partial charge in [-0.2, -0.15) is 0 Å². The molecule has 7 nitrogen and oxygen atoms in total. The van der Waals surface area contributed by atoms with Gasteiger partial charge in [0.25, 0.3) is 0 Å². The first-order valence-electron chi connectivity index (χ1n) is 9.73. The molecule has 1 aromatic heterocycles. The second-order valence-electron chi connectivity index (χ2n) is 7.29. The zero-order chi connectivity index (χ0) is 22.1. The van der Waals surface area contributed by atoms with Crippen LogP contribution in [0.15, 0.2) is 45.6 Å². The van der Waals surface area contributed by atoms with E-state index >= 15 is 0 Å². The van der Waals surface area contributed by atoms with Crippen molar-refractivity contribution in [2.75, 3.05) is 36.5 Å². The number of nitrogens with one attached hydrogen (secondary N) is 1. The number of rotatable bonds is 5. The van der Waals surface area contributed by atoms with E-state index in [9.17, 15) is 23.5 Å². The molecule has 2 N–H and O–H groups in total. The molecule has 1 saturated heterocycles. The highest BCUT2D eigenvalue weighted by atomic mass is 19.1. The number of nitrogens with zero attached hydrogens (tertiary/aromatic N) is 1. The van der Waals surface area contributed by atoms with Crippen LogP contribution in [0.5, 0.6) is 0 Å². The number of anilines is 2. The van der Waals surface area contributed by atoms with Crippen LogP contribution in [0, 0.1) is 11.6 Å². The predicted octanol–water partition coefficient (Wildman–Crippen LogP) is 3.78. The van der Waals surface area contributed by atoms with E-state index < -0.39 is 29.1 Å². The zero-order valence-electron chi connectivity index (χ0n) is 16.7. The van der Waals surface area contributed by atoms with Gasteiger partial charge >= 0.3 is 5.97 Å². The molecule has 2 aromatic carbocycles. The van der Waals surface area contributed by atoms with E-state index in [4.69, 9.17) is 9.15 Å². The van der Waals surface area contributed by atoms with Gasteiger partial charge in [-0.3, -0.25) is 4.79 Å². The minimum Gasteiger partial charge on any atom is -0.478 e. The van der Waals surface area contributed by atoms with E-state index in [1.807, 2.05) is 4.90 Å². The van der Waals surface area contributed by atoms with E-state index in [0.717, 1.165) is 18.2 Å². The Labute approximate surface area is 175 Å². The van der Waals surface area contributed by atoms with Crippen LogP contribution in [0.4, 0.5) is 20.4 Å². The lowest BCUT2D eigenvalue weighted by Gasteiger charge is -2.30. The number of fused-ring (bicyclic) bond motifs is 1. The maximum absolute atomic E-state index is 13.6. The average Bonchev–Trinajstić information content (AvgIpc) is 2.73. The molecule has 2 heterocycles. The van der Waals surface area contributed by atoms with Gasteiger partial charge in [0, 0.05) is 24.8 Å². The summed E-state index contributed by atoms with van der Waals surface area (Å²) in [6, 6.07) is 6.41. The number of benzene rings is 2. The summed E-state index contributed by atoms with van der Waals surface area (Å²) >= 11 is 0. The monoisotopic (exact) mass is 430 g/mol. The quantitative estimate of drug-likeness (QED) is 0.637. The maximum atomic E-state index is 13.6. The maximum Gasteiger partial charge on any atom is 0.335 e. The molecule has 1 fully saturated rings. The third-order valence-corrected chi connectivity index (χ3v) is 5.13. The Balaban J connectivity index is 1.85. The van der Waals surface area contributed by atoms with Gasteiger partial charge in [0.05, 0.1) is 35.8 Å². The van der Waals surface area contributed by atoms with Gasteiger partial charge in [-0.15, -0.1) is 0 Å². The Morgan fingerprint density at radius 1 is 1.13 bits per heavy atom. The Bertz CT molecular complexity index is 1180. The SMILES string of the molecule is CC(Nc1cc(F)cc(F)c1)c1c(N2CCOCC2)oc2ccc(C(=O)O)cc2c1=O. The van der Waals surface area contributed by atoms with Crippen molar-refractivity contribution < 1.29 is 27.8 Å². The molecule has 9 heteroatoms. The minimum atomic E-state index is -1.17. The van der Waals surface area contributed by atoms with Crippen LogP contribution in [-0.4, -0.2) is 37.4 Å². The number of morpholine rings is 1. The fraction of sp³-hybridized carbons (Fsp3) is 0.273. The summed E-state index contributed by atoms with van der Waals surface area (Å²) in [7, 11) is 0. The second kappa shape index (κ2) is 8.35. The lowest BCUT2D eigenvalue weighted by molar-refractivity contribution is 0.0697. The molecule has 0 saturated carbocycles. The first-order valence-corrected chi connectivity index (χ1v) is 9.73. The molecule has 4 rings (SSSR count). The number of aromatic carboxylic acids is 1. The molecule has 0 amide bonds. The highest BCUT2D eigenvalue weighted by molar-refractivity contribution is 5.93. The van der Waals surface area contributed by atoms with Gasteiger partial charge in [0.2, 0.25) is 5.88 Å². The first-order chi connectivity index (χ1) is 14.8. The lowest BCUT2D eigenvalue weighted by atomic mass is 10.0. The Morgan fingerprint density at radius 3 is 2.45 bits per heavy atom. The highest BCUT2D eigenvalue weighted by Gasteiger charge is 2.26. The van der Waals surface area contributed by atoms with E-state index in [1.165, 1.54) is 18.2 Å². The molecule has 0 bridgehead atoms. The normalized spacial score (nSPS) is 15.1. The lowest BCUT2D eigenvalue weighted by Crippen LogP contribution is -2.38. The van der Waals surface area contributed by atoms with Crippen molar-refractivity contribution in [3.05, 3.63) is 69.4 Å². The van der Waals surface area contributed by atoms with Gasteiger partial charge < -0.3 is 24.5 Å². The van der Waals surface area contributed by atoms with E-state index in [1.54, 1.807) is 6.92 Å². The van der Waals surface area contributed by atoms with Crippen LogP contribution in [0.1, 0.15) is 28.9 Å². The van der Waals surface area contributed by atoms with Crippen LogP contribution < -0.4 is 15.6 Å². The molecule has 162 valence electrons. The summed E-state index contributed by atoms with van der Waals surface area (Å²) in [6.45, 7) is 3.57. The molecule has 3 aromatic rings. The summed E-state index contributed by atoms with van der Waals surface area (Å²) in [5.41, 5.74) is 0.197. The van der Waals surface area contributed by atoms with Crippen molar-refractivity contribution in [2.24, 2.45) is 0 Å². The number of carboxylic acids is 1. The smallest absolute Gasteiger partial charge is 0.335 e. The van der Waals surface area contributed by atoms with Crippen LogP contribution in [0.2, 0.25) is 0 Å². The molecule has 1 aliphatic heterocycles. The molecular weight excluding hydrogens is 410 g/mol. The Morgan fingerprint density at radius 2 is 1.81 bits per heavy atom. The summed E-state index contributed by atoms with van der Waals surface area (Å²) in [4.78, 5) is 26.7. The largest absolute Gasteiger partial charge is 0.478 e. The van der Waals surface area contributed by atoms with Crippen LogP contribution >= 0.6 is 0 Å². The molecule has 1 aliphatic rings. The predicted molar refractivity (Wildman–Crippen MR) is 111 cm³/mol. The van der Waals surface area contributed by atoms with Crippen molar-refractivity contribution in [3.63, 3.8) is 0 Å². The summed E-state index contributed by atoms with van der Waals surface area (Å²) < 4.78 is 38.7. The standard InChI is InChI=1S/C22H20F2N2O5/c1-12(25-16-10-14(23)9-15(24)11-16)19-20(27)17-8-13(22(28)29)2-3-18(17)31-21(19)26-4-6-30-7-5-26/h2-3,8-12,25H,4-7H2,1H3,(H,28,29). The van der Waals surface area contributed by atoms with Crippen molar-refractivity contribution in [2.45, 2.75) is 13.0 Å². The summed E-state index contributed by atoms with van der Waals surface area (Å²) in [5.74, 6) is -2.35. The zero-order valence-corrected chi connectivity index (χ0v) is 16.7. The third kappa shape index (κ3) is 4.22. The van der Waals surface area contributed by atoms with Gasteiger partial charge in [0.15, 0.2) is 5.43 Å². The van der Waals surface area contributed by atoms with Crippen LogP contribution in [0.3, 0.4) is 0 Å². The van der Waals surface area contributed by atoms with Gasteiger partial charge in [-0.05, 0) is 37.3 Å². The van der Waals surface area contributed by atoms with E-state index in [2.05, 4.69) is 5.32 Å². The molecule has 0 spiro atoms. The van der Waals surface area contributed by atoms with Crippen molar-refractivity contribution in [1.29, 1.82) is 0 Å². The molecule has 1 unspecified atom stereocenters. The Hall–Kier alpha value is -3.46. The number of carbonyl (C=O) groups is 1. The van der Waals surface area contributed by atoms with Crippen molar-refractivity contribution in [1.82, 2.24) is 0 Å². The number of hydrogen-bond acceptors (Lipinski definition) is 6. The minimum absolute atomic E-state index is 0.0438. The number of halogens is 2.